The van der Waals surface area contributed by atoms with E-state index >= 15 is 4.39 Å². The van der Waals surface area contributed by atoms with Crippen LogP contribution in [-0.4, -0.2) is 43.2 Å². The summed E-state index contributed by atoms with van der Waals surface area (Å²) in [4.78, 5) is 16.0. The molecule has 0 amide bonds. The lowest BCUT2D eigenvalue weighted by molar-refractivity contribution is 0.305. The fourth-order valence-electron chi connectivity index (χ4n) is 4.44. The summed E-state index contributed by atoms with van der Waals surface area (Å²) in [5.74, 6) is -1.34. The molecule has 0 spiro atoms. The van der Waals surface area contributed by atoms with Gasteiger partial charge in [-0.1, -0.05) is 6.07 Å². The SMILES string of the molecule is Cc1c(F)cccc1SNc1ccc(F)c(Nc2ncnc3ccc(-n4ncc5c4CN(C)CC5)nc23)c1F. The number of anilines is 3. The maximum absolute atomic E-state index is 15.5. The van der Waals surface area contributed by atoms with Crippen LogP contribution in [0.5, 0.6) is 0 Å². The van der Waals surface area contributed by atoms with Gasteiger partial charge in [-0.05, 0) is 74.3 Å². The largest absolute Gasteiger partial charge is 0.333 e. The van der Waals surface area contributed by atoms with Crippen molar-refractivity contribution in [3.05, 3.63) is 89.3 Å². The number of nitrogens with zero attached hydrogens (tertiary/aromatic N) is 6. The van der Waals surface area contributed by atoms with Crippen LogP contribution in [0, 0.1) is 24.4 Å². The minimum atomic E-state index is -0.858. The third-order valence-corrected chi connectivity index (χ3v) is 7.63. The molecule has 3 aromatic heterocycles. The van der Waals surface area contributed by atoms with E-state index in [9.17, 15) is 8.78 Å². The number of halogens is 3. The van der Waals surface area contributed by atoms with Gasteiger partial charge in [0.25, 0.3) is 0 Å². The first-order valence-electron chi connectivity index (χ1n) is 12.2. The smallest absolute Gasteiger partial charge is 0.173 e. The highest BCUT2D eigenvalue weighted by Crippen LogP contribution is 2.33. The van der Waals surface area contributed by atoms with E-state index in [1.807, 2.05) is 13.2 Å². The van der Waals surface area contributed by atoms with E-state index in [4.69, 9.17) is 4.98 Å². The molecule has 1 aliphatic rings. The fraction of sp³-hybridized carbons (Fsp3) is 0.185. The number of nitrogens with one attached hydrogen (secondary N) is 2. The minimum absolute atomic E-state index is 0.0202. The lowest BCUT2D eigenvalue weighted by Gasteiger charge is -2.23. The van der Waals surface area contributed by atoms with Crippen LogP contribution in [0.2, 0.25) is 0 Å². The second-order valence-electron chi connectivity index (χ2n) is 9.25. The zero-order valence-electron chi connectivity index (χ0n) is 21.0. The predicted molar refractivity (Wildman–Crippen MR) is 145 cm³/mol. The fourth-order valence-corrected chi connectivity index (χ4v) is 5.22. The highest BCUT2D eigenvalue weighted by molar-refractivity contribution is 8.00. The van der Waals surface area contributed by atoms with E-state index in [1.54, 1.807) is 35.9 Å². The maximum atomic E-state index is 15.5. The zero-order valence-corrected chi connectivity index (χ0v) is 21.9. The Balaban J connectivity index is 1.33. The Kier molecular flexibility index (Phi) is 6.57. The van der Waals surface area contributed by atoms with Crippen LogP contribution in [0.3, 0.4) is 0 Å². The summed E-state index contributed by atoms with van der Waals surface area (Å²) in [6.45, 7) is 3.32. The van der Waals surface area contributed by atoms with Crippen LogP contribution in [-0.2, 0) is 13.0 Å². The lowest BCUT2D eigenvalue weighted by Crippen LogP contribution is -2.27. The monoisotopic (exact) mass is 548 g/mol. The molecule has 0 aliphatic carbocycles. The van der Waals surface area contributed by atoms with Crippen LogP contribution < -0.4 is 10.0 Å². The quantitative estimate of drug-likeness (QED) is 0.258. The number of hydrogen-bond donors (Lipinski definition) is 2. The molecule has 0 atom stereocenters. The van der Waals surface area contributed by atoms with Gasteiger partial charge in [0.05, 0.1) is 23.1 Å². The summed E-state index contributed by atoms with van der Waals surface area (Å²) in [7, 11) is 2.05. The summed E-state index contributed by atoms with van der Waals surface area (Å²) in [5, 5.41) is 7.31. The molecule has 6 rings (SSSR count). The van der Waals surface area contributed by atoms with E-state index < -0.39 is 17.3 Å². The molecule has 4 heterocycles. The Morgan fingerprint density at radius 2 is 1.87 bits per heavy atom. The number of fused-ring (bicyclic) bond motifs is 2. The Labute approximate surface area is 226 Å². The molecule has 0 radical (unpaired) electrons. The van der Waals surface area contributed by atoms with Gasteiger partial charge in [-0.3, -0.25) is 0 Å². The maximum Gasteiger partial charge on any atom is 0.173 e. The van der Waals surface area contributed by atoms with E-state index in [0.717, 1.165) is 48.8 Å². The first-order chi connectivity index (χ1) is 18.9. The van der Waals surface area contributed by atoms with Gasteiger partial charge in [0.1, 0.15) is 29.2 Å². The second kappa shape index (κ2) is 10.2. The molecule has 0 saturated carbocycles. The molecular weight excluding hydrogens is 525 g/mol. The Morgan fingerprint density at radius 1 is 1.00 bits per heavy atom. The lowest BCUT2D eigenvalue weighted by atomic mass is 10.1. The van der Waals surface area contributed by atoms with Crippen molar-refractivity contribution in [3.8, 4) is 5.82 Å². The molecule has 39 heavy (non-hydrogen) atoms. The van der Waals surface area contributed by atoms with Gasteiger partial charge < -0.3 is 14.9 Å². The van der Waals surface area contributed by atoms with Crippen molar-refractivity contribution in [3.63, 3.8) is 0 Å². The molecule has 1 aliphatic heterocycles. The number of rotatable bonds is 6. The average Bonchev–Trinajstić information content (AvgIpc) is 3.35. The standard InChI is InChI=1S/C27H23F3N8S/c1-15-17(28)4-3-5-22(15)39-36-19-7-6-18(29)25(24(19)30)35-27-26-20(31-14-32-27)8-9-23(34-26)38-21-13-37(2)11-10-16(21)12-33-38/h3-9,12,14,36H,10-11,13H2,1-2H3,(H,31,32,35). The normalized spacial score (nSPS) is 13.5. The van der Waals surface area contributed by atoms with Crippen LogP contribution in [0.4, 0.5) is 30.4 Å². The summed E-state index contributed by atoms with van der Waals surface area (Å²) < 4.78 is 48.9. The number of hydrogen-bond acceptors (Lipinski definition) is 8. The third-order valence-electron chi connectivity index (χ3n) is 6.65. The van der Waals surface area contributed by atoms with Gasteiger partial charge in [-0.15, -0.1) is 0 Å². The molecule has 2 aromatic carbocycles. The minimum Gasteiger partial charge on any atom is -0.333 e. The second-order valence-corrected chi connectivity index (χ2v) is 10.1. The van der Waals surface area contributed by atoms with E-state index in [1.165, 1.54) is 18.5 Å². The van der Waals surface area contributed by atoms with E-state index in [0.29, 0.717) is 27.3 Å². The molecule has 5 aromatic rings. The summed E-state index contributed by atoms with van der Waals surface area (Å²) in [6.07, 6.45) is 4.05. The molecule has 198 valence electrons. The van der Waals surface area contributed by atoms with E-state index in [2.05, 4.69) is 30.0 Å². The van der Waals surface area contributed by atoms with Gasteiger partial charge in [-0.25, -0.2) is 32.8 Å². The summed E-state index contributed by atoms with van der Waals surface area (Å²) >= 11 is 1.03. The van der Waals surface area contributed by atoms with Gasteiger partial charge >= 0.3 is 0 Å². The highest BCUT2D eigenvalue weighted by atomic mass is 32.2. The molecule has 0 bridgehead atoms. The van der Waals surface area contributed by atoms with Crippen LogP contribution in [0.15, 0.2) is 59.9 Å². The van der Waals surface area contributed by atoms with Gasteiger partial charge in [0.15, 0.2) is 17.5 Å². The van der Waals surface area contributed by atoms with Crippen LogP contribution in [0.1, 0.15) is 16.8 Å². The highest BCUT2D eigenvalue weighted by Gasteiger charge is 2.21. The Hall–Kier alpha value is -4.16. The van der Waals surface area contributed by atoms with E-state index in [-0.39, 0.29) is 17.3 Å². The van der Waals surface area contributed by atoms with Crippen molar-refractivity contribution in [2.45, 2.75) is 24.8 Å². The Bertz CT molecular complexity index is 1710. The van der Waals surface area contributed by atoms with Crippen molar-refractivity contribution in [1.82, 2.24) is 29.6 Å². The number of pyridine rings is 1. The number of likely N-dealkylation sites (N-methyl/N-ethyl adjacent to an activating group) is 1. The van der Waals surface area contributed by atoms with Crippen molar-refractivity contribution in [1.29, 1.82) is 0 Å². The zero-order chi connectivity index (χ0) is 27.1. The van der Waals surface area contributed by atoms with Crippen LogP contribution in [0.25, 0.3) is 16.9 Å². The first-order valence-corrected chi connectivity index (χ1v) is 13.0. The molecule has 0 saturated heterocycles. The van der Waals surface area contributed by atoms with Crippen LogP contribution >= 0.6 is 11.9 Å². The molecule has 0 fully saturated rings. The predicted octanol–water partition coefficient (Wildman–Crippen LogP) is 5.79. The van der Waals surface area contributed by atoms with Gasteiger partial charge in [0, 0.05) is 23.5 Å². The molecule has 2 N–H and O–H groups in total. The third kappa shape index (κ3) is 4.77. The average molecular weight is 549 g/mol. The summed E-state index contributed by atoms with van der Waals surface area (Å²) in [6, 6.07) is 10.6. The topological polar surface area (TPSA) is 83.8 Å². The Morgan fingerprint density at radius 3 is 2.74 bits per heavy atom. The van der Waals surface area contributed by atoms with Crippen molar-refractivity contribution < 1.29 is 13.2 Å². The molecule has 8 nitrogen and oxygen atoms in total. The van der Waals surface area contributed by atoms with Gasteiger partial charge in [0.2, 0.25) is 0 Å². The van der Waals surface area contributed by atoms with Gasteiger partial charge in [-0.2, -0.15) is 5.10 Å². The number of benzene rings is 2. The van der Waals surface area contributed by atoms with Crippen molar-refractivity contribution >= 4 is 40.2 Å². The molecule has 0 unspecified atom stereocenters. The summed E-state index contributed by atoms with van der Waals surface area (Å²) in [5.41, 5.74) is 3.09. The van der Waals surface area contributed by atoms with Crippen molar-refractivity contribution in [2.24, 2.45) is 0 Å². The molecule has 12 heteroatoms. The first kappa shape index (κ1) is 25.1. The van der Waals surface area contributed by atoms with Crippen molar-refractivity contribution in [2.75, 3.05) is 23.6 Å². The number of aromatic nitrogens is 5. The molecular formula is C27H23F3N8S.